The second-order valence-electron chi connectivity index (χ2n) is 3.76. The van der Waals surface area contributed by atoms with Crippen LogP contribution in [0.5, 0.6) is 0 Å². The molecule has 1 rings (SSSR count). The van der Waals surface area contributed by atoms with Gasteiger partial charge in [-0.15, -0.1) is 6.42 Å². The van der Waals surface area contributed by atoms with E-state index >= 15 is 0 Å². The van der Waals surface area contributed by atoms with E-state index in [1.54, 1.807) is 18.2 Å². The molecule has 1 aromatic rings. The Kier molecular flexibility index (Phi) is 6.00. The average molecular weight is 285 g/mol. The van der Waals surface area contributed by atoms with Gasteiger partial charge in [0.1, 0.15) is 0 Å². The number of hydrogen-bond donors (Lipinski definition) is 2. The van der Waals surface area contributed by atoms with Gasteiger partial charge in [0.2, 0.25) is 5.91 Å². The minimum atomic E-state index is -0.185. The molecule has 2 N–H and O–H groups in total. The van der Waals surface area contributed by atoms with Crippen LogP contribution < -0.4 is 10.6 Å². The van der Waals surface area contributed by atoms with Gasteiger partial charge >= 0.3 is 0 Å². The molecule has 1 aromatic carbocycles. The van der Waals surface area contributed by atoms with E-state index < -0.39 is 0 Å². The summed E-state index contributed by atoms with van der Waals surface area (Å²) in [6.45, 7) is 2.40. The van der Waals surface area contributed by atoms with Crippen molar-refractivity contribution in [3.63, 3.8) is 0 Å². The number of nitrogens with one attached hydrogen (secondary N) is 2. The minimum absolute atomic E-state index is 0.135. The van der Waals surface area contributed by atoms with Crippen molar-refractivity contribution in [1.29, 1.82) is 0 Å². The summed E-state index contributed by atoms with van der Waals surface area (Å²) >= 11 is 11.9. The van der Waals surface area contributed by atoms with E-state index in [-0.39, 0.29) is 18.5 Å². The summed E-state index contributed by atoms with van der Waals surface area (Å²) in [5, 5.41) is 6.73. The van der Waals surface area contributed by atoms with E-state index in [4.69, 9.17) is 29.6 Å². The monoisotopic (exact) mass is 284 g/mol. The summed E-state index contributed by atoms with van der Waals surface area (Å²) in [4.78, 5) is 11.6. The second-order valence-corrected chi connectivity index (χ2v) is 4.61. The van der Waals surface area contributed by atoms with Crippen molar-refractivity contribution in [2.45, 2.75) is 13.0 Å². The van der Waals surface area contributed by atoms with Gasteiger partial charge < -0.3 is 5.32 Å². The Morgan fingerprint density at radius 1 is 1.50 bits per heavy atom. The van der Waals surface area contributed by atoms with Crippen LogP contribution in [0.25, 0.3) is 0 Å². The zero-order chi connectivity index (χ0) is 13.5. The molecule has 1 unspecified atom stereocenters. The molecule has 0 saturated heterocycles. The van der Waals surface area contributed by atoms with E-state index in [1.807, 2.05) is 6.92 Å². The Bertz CT molecular complexity index is 469. The maximum atomic E-state index is 11.6. The summed E-state index contributed by atoms with van der Waals surface area (Å²) in [5.41, 5.74) is 0.825. The molecular weight excluding hydrogens is 271 g/mol. The van der Waals surface area contributed by atoms with Gasteiger partial charge in [-0.2, -0.15) is 0 Å². The molecule has 96 valence electrons. The van der Waals surface area contributed by atoms with Crippen LogP contribution in [0.3, 0.4) is 0 Å². The zero-order valence-corrected chi connectivity index (χ0v) is 11.5. The first-order chi connectivity index (χ1) is 8.54. The molecule has 0 fully saturated rings. The number of terminal acetylenes is 1. The predicted molar refractivity (Wildman–Crippen MR) is 74.7 cm³/mol. The number of carbonyl (C=O) groups excluding carboxylic acids is 1. The van der Waals surface area contributed by atoms with E-state index in [0.717, 1.165) is 5.56 Å². The van der Waals surface area contributed by atoms with Crippen molar-refractivity contribution in [2.24, 2.45) is 0 Å². The van der Waals surface area contributed by atoms with Gasteiger partial charge in [0, 0.05) is 10.0 Å². The van der Waals surface area contributed by atoms with Crippen LogP contribution in [-0.4, -0.2) is 19.0 Å². The SMILES string of the molecule is C#CCNCC(=O)NC(C)c1ccc(Cl)cc1Cl. The molecule has 3 nitrogen and oxygen atoms in total. The standard InChI is InChI=1S/C13H14Cl2N2O/c1-3-6-16-8-13(18)17-9(2)11-5-4-10(14)7-12(11)15/h1,4-5,7,9,16H,6,8H2,2H3,(H,17,18). The Balaban J connectivity index is 2.57. The first-order valence-electron chi connectivity index (χ1n) is 5.43. The lowest BCUT2D eigenvalue weighted by atomic mass is 10.1. The largest absolute Gasteiger partial charge is 0.348 e. The van der Waals surface area contributed by atoms with Gasteiger partial charge in [0.05, 0.1) is 19.1 Å². The Hall–Kier alpha value is -1.21. The number of hydrogen-bond acceptors (Lipinski definition) is 2. The molecule has 0 saturated carbocycles. The molecule has 5 heteroatoms. The molecule has 0 aliphatic carbocycles. The quantitative estimate of drug-likeness (QED) is 0.644. The fourth-order valence-electron chi connectivity index (χ4n) is 1.47. The molecular formula is C13H14Cl2N2O. The van der Waals surface area contributed by atoms with Crippen LogP contribution in [-0.2, 0) is 4.79 Å². The smallest absolute Gasteiger partial charge is 0.234 e. The Labute approximate surface area is 117 Å². The van der Waals surface area contributed by atoms with Crippen molar-refractivity contribution >= 4 is 29.1 Å². The van der Waals surface area contributed by atoms with Crippen LogP contribution in [0.4, 0.5) is 0 Å². The Morgan fingerprint density at radius 3 is 2.83 bits per heavy atom. The van der Waals surface area contributed by atoms with Gasteiger partial charge in [-0.25, -0.2) is 0 Å². The van der Waals surface area contributed by atoms with Gasteiger partial charge in [-0.3, -0.25) is 10.1 Å². The van der Waals surface area contributed by atoms with Crippen molar-refractivity contribution in [1.82, 2.24) is 10.6 Å². The van der Waals surface area contributed by atoms with Crippen molar-refractivity contribution in [3.05, 3.63) is 33.8 Å². The highest BCUT2D eigenvalue weighted by Crippen LogP contribution is 2.25. The molecule has 0 aliphatic heterocycles. The fraction of sp³-hybridized carbons (Fsp3) is 0.308. The van der Waals surface area contributed by atoms with Gasteiger partial charge in [0.15, 0.2) is 0 Å². The zero-order valence-electron chi connectivity index (χ0n) is 9.97. The maximum absolute atomic E-state index is 11.6. The number of carbonyl (C=O) groups is 1. The molecule has 1 atom stereocenters. The topological polar surface area (TPSA) is 41.1 Å². The molecule has 1 amide bonds. The van der Waals surface area contributed by atoms with E-state index in [0.29, 0.717) is 16.6 Å². The van der Waals surface area contributed by atoms with Gasteiger partial charge in [-0.05, 0) is 24.6 Å². The highest BCUT2D eigenvalue weighted by Gasteiger charge is 2.12. The summed E-state index contributed by atoms with van der Waals surface area (Å²) in [6, 6.07) is 5.00. The molecule has 0 spiro atoms. The summed E-state index contributed by atoms with van der Waals surface area (Å²) in [5.74, 6) is 2.26. The molecule has 18 heavy (non-hydrogen) atoms. The third-order valence-corrected chi connectivity index (χ3v) is 2.88. The first-order valence-corrected chi connectivity index (χ1v) is 6.18. The van der Waals surface area contributed by atoms with Crippen LogP contribution in [0.2, 0.25) is 10.0 Å². The first kappa shape index (κ1) is 14.8. The van der Waals surface area contributed by atoms with Crippen LogP contribution >= 0.6 is 23.2 Å². The number of benzene rings is 1. The summed E-state index contributed by atoms with van der Waals surface area (Å²) in [7, 11) is 0. The van der Waals surface area contributed by atoms with Gasteiger partial charge in [0.25, 0.3) is 0 Å². The van der Waals surface area contributed by atoms with Crippen molar-refractivity contribution in [3.8, 4) is 12.3 Å². The highest BCUT2D eigenvalue weighted by molar-refractivity contribution is 6.35. The fourth-order valence-corrected chi connectivity index (χ4v) is 2.04. The second kappa shape index (κ2) is 7.27. The lowest BCUT2D eigenvalue weighted by Crippen LogP contribution is -2.35. The average Bonchev–Trinajstić information content (AvgIpc) is 2.28. The van der Waals surface area contributed by atoms with E-state index in [1.165, 1.54) is 0 Å². The normalized spacial score (nSPS) is 11.7. The maximum Gasteiger partial charge on any atom is 0.234 e. The summed E-state index contributed by atoms with van der Waals surface area (Å²) in [6.07, 6.45) is 5.07. The number of amides is 1. The summed E-state index contributed by atoms with van der Waals surface area (Å²) < 4.78 is 0. The predicted octanol–water partition coefficient (Wildman–Crippen LogP) is 2.39. The molecule has 0 aromatic heterocycles. The van der Waals surface area contributed by atoms with Crippen LogP contribution in [0.1, 0.15) is 18.5 Å². The van der Waals surface area contributed by atoms with Crippen molar-refractivity contribution < 1.29 is 4.79 Å². The molecule has 0 bridgehead atoms. The lowest BCUT2D eigenvalue weighted by Gasteiger charge is -2.16. The number of rotatable bonds is 5. The minimum Gasteiger partial charge on any atom is -0.348 e. The Morgan fingerprint density at radius 2 is 2.22 bits per heavy atom. The van der Waals surface area contributed by atoms with Gasteiger partial charge in [-0.1, -0.05) is 35.2 Å². The van der Waals surface area contributed by atoms with Crippen LogP contribution in [0.15, 0.2) is 18.2 Å². The number of halogens is 2. The lowest BCUT2D eigenvalue weighted by molar-refractivity contribution is -0.120. The molecule has 0 heterocycles. The van der Waals surface area contributed by atoms with Crippen LogP contribution in [0, 0.1) is 12.3 Å². The third kappa shape index (κ3) is 4.58. The third-order valence-electron chi connectivity index (χ3n) is 2.32. The van der Waals surface area contributed by atoms with E-state index in [2.05, 4.69) is 16.6 Å². The van der Waals surface area contributed by atoms with E-state index in [9.17, 15) is 4.79 Å². The molecule has 0 radical (unpaired) electrons. The molecule has 0 aliphatic rings. The highest BCUT2D eigenvalue weighted by atomic mass is 35.5. The van der Waals surface area contributed by atoms with Crippen molar-refractivity contribution in [2.75, 3.05) is 13.1 Å².